The zero-order chi connectivity index (χ0) is 24.4. The second-order valence-electron chi connectivity index (χ2n) is 10.3. The number of likely N-dealkylation sites (tertiary alicyclic amines) is 1. The molecule has 1 aromatic carbocycles. The molecule has 2 aromatic heterocycles. The van der Waals surface area contributed by atoms with Crippen LogP contribution in [0.3, 0.4) is 0 Å². The molecule has 2 fully saturated rings. The normalized spacial score (nSPS) is 18.6. The van der Waals surface area contributed by atoms with Gasteiger partial charge in [-0.2, -0.15) is 0 Å². The first-order chi connectivity index (χ1) is 17.0. The Hall–Kier alpha value is -2.35. The highest BCUT2D eigenvalue weighted by Gasteiger charge is 2.23. The van der Waals surface area contributed by atoms with Crippen LogP contribution in [0.15, 0.2) is 30.5 Å². The van der Waals surface area contributed by atoms with Gasteiger partial charge in [-0.15, -0.1) is 0 Å². The molecule has 0 atom stereocenters. The van der Waals surface area contributed by atoms with Crippen molar-refractivity contribution in [2.24, 2.45) is 5.92 Å². The minimum atomic E-state index is 0.297. The Morgan fingerprint density at radius 2 is 1.80 bits per heavy atom. The zero-order valence-corrected chi connectivity index (χ0v) is 21.6. The summed E-state index contributed by atoms with van der Waals surface area (Å²) >= 11 is 6.58. The molecule has 0 radical (unpaired) electrons. The number of halogens is 1. The van der Waals surface area contributed by atoms with E-state index >= 15 is 0 Å². The summed E-state index contributed by atoms with van der Waals surface area (Å²) in [5.41, 5.74) is 4.71. The molecule has 8 heteroatoms. The lowest BCUT2D eigenvalue weighted by Crippen LogP contribution is -2.42. The molecule has 7 nitrogen and oxygen atoms in total. The van der Waals surface area contributed by atoms with E-state index in [1.54, 1.807) is 6.20 Å². The highest BCUT2D eigenvalue weighted by atomic mass is 35.5. The van der Waals surface area contributed by atoms with Gasteiger partial charge in [-0.1, -0.05) is 11.6 Å². The van der Waals surface area contributed by atoms with Crippen LogP contribution >= 0.6 is 11.6 Å². The maximum Gasteiger partial charge on any atom is 0.159 e. The Bertz CT molecular complexity index is 1110. The molecule has 35 heavy (non-hydrogen) atoms. The number of anilines is 2. The molecule has 3 aromatic rings. The Morgan fingerprint density at radius 1 is 1.09 bits per heavy atom. The number of nitrogens with zero attached hydrogens (tertiary/aromatic N) is 4. The van der Waals surface area contributed by atoms with Gasteiger partial charge in [0.25, 0.3) is 0 Å². The van der Waals surface area contributed by atoms with Gasteiger partial charge in [0, 0.05) is 56.1 Å². The molecule has 188 valence electrons. The van der Waals surface area contributed by atoms with E-state index in [9.17, 15) is 5.11 Å². The lowest BCUT2D eigenvalue weighted by molar-refractivity contribution is 0.177. The van der Waals surface area contributed by atoms with Crippen LogP contribution in [-0.2, 0) is 0 Å². The van der Waals surface area contributed by atoms with E-state index in [2.05, 4.69) is 63.2 Å². The van der Waals surface area contributed by atoms with Crippen LogP contribution in [0.25, 0.3) is 22.6 Å². The number of imidazole rings is 1. The van der Waals surface area contributed by atoms with Gasteiger partial charge in [-0.05, 0) is 76.1 Å². The fourth-order valence-electron chi connectivity index (χ4n) is 5.46. The second-order valence-corrected chi connectivity index (χ2v) is 10.7. The van der Waals surface area contributed by atoms with Crippen molar-refractivity contribution in [1.29, 1.82) is 0 Å². The Morgan fingerprint density at radius 3 is 2.46 bits per heavy atom. The topological polar surface area (TPSA) is 80.3 Å². The fraction of sp³-hybridized carbons (Fsp3) is 0.556. The molecular weight excluding hydrogens is 460 g/mol. The van der Waals surface area contributed by atoms with Crippen LogP contribution in [0.5, 0.6) is 0 Å². The summed E-state index contributed by atoms with van der Waals surface area (Å²) in [6.45, 7) is 9.10. The first kappa shape index (κ1) is 24.3. The van der Waals surface area contributed by atoms with E-state index in [4.69, 9.17) is 16.6 Å². The molecule has 4 heterocycles. The summed E-state index contributed by atoms with van der Waals surface area (Å²) < 4.78 is 0. The molecule has 5 rings (SSSR count). The van der Waals surface area contributed by atoms with Crippen molar-refractivity contribution >= 4 is 34.1 Å². The highest BCUT2D eigenvalue weighted by Crippen LogP contribution is 2.33. The molecule has 0 amide bonds. The number of aliphatic hydroxyl groups excluding tert-OH is 1. The summed E-state index contributed by atoms with van der Waals surface area (Å²) in [5, 5.41) is 13.5. The SMILES string of the molecule is CC(C)N1CCC(Nc2c(Cl)cnc3[nH]c(-c4ccc(N5CCC(CCO)CC5)cc4)nc23)CC1. The number of H-pyrrole nitrogens is 1. The summed E-state index contributed by atoms with van der Waals surface area (Å²) in [5.74, 6) is 1.46. The third kappa shape index (κ3) is 5.42. The summed E-state index contributed by atoms with van der Waals surface area (Å²) in [6, 6.07) is 9.58. The minimum Gasteiger partial charge on any atom is -0.396 e. The van der Waals surface area contributed by atoms with Gasteiger partial charge in [0.2, 0.25) is 0 Å². The average molecular weight is 497 g/mol. The van der Waals surface area contributed by atoms with Crippen LogP contribution in [0, 0.1) is 5.92 Å². The molecule has 2 aliphatic heterocycles. The number of piperidine rings is 2. The van der Waals surface area contributed by atoms with Gasteiger partial charge in [0.1, 0.15) is 11.3 Å². The largest absolute Gasteiger partial charge is 0.396 e. The summed E-state index contributed by atoms with van der Waals surface area (Å²) in [7, 11) is 0. The second kappa shape index (κ2) is 10.7. The number of aromatic amines is 1. The Kier molecular flexibility index (Phi) is 7.46. The van der Waals surface area contributed by atoms with Crippen LogP contribution in [-0.4, -0.2) is 69.8 Å². The molecule has 2 saturated heterocycles. The third-order valence-corrected chi connectivity index (χ3v) is 8.02. The fourth-order valence-corrected chi connectivity index (χ4v) is 5.65. The molecule has 0 spiro atoms. The van der Waals surface area contributed by atoms with Crippen molar-refractivity contribution in [1.82, 2.24) is 19.9 Å². The number of pyridine rings is 1. The van der Waals surface area contributed by atoms with Crippen molar-refractivity contribution in [2.75, 3.05) is 43.0 Å². The monoisotopic (exact) mass is 496 g/mol. The number of rotatable bonds is 7. The number of fused-ring (bicyclic) bond motifs is 1. The quantitative estimate of drug-likeness (QED) is 0.419. The zero-order valence-electron chi connectivity index (χ0n) is 20.8. The van der Waals surface area contributed by atoms with Crippen LogP contribution in [0.1, 0.15) is 46.0 Å². The predicted octanol–water partition coefficient (Wildman–Crippen LogP) is 5.16. The number of nitrogens with one attached hydrogen (secondary N) is 2. The lowest BCUT2D eigenvalue weighted by atomic mass is 9.93. The van der Waals surface area contributed by atoms with Crippen LogP contribution in [0.4, 0.5) is 11.4 Å². The predicted molar refractivity (Wildman–Crippen MR) is 144 cm³/mol. The van der Waals surface area contributed by atoms with E-state index in [1.165, 1.54) is 5.69 Å². The molecule has 3 N–H and O–H groups in total. The number of aliphatic hydroxyl groups is 1. The van der Waals surface area contributed by atoms with Crippen molar-refractivity contribution in [3.63, 3.8) is 0 Å². The van der Waals surface area contributed by atoms with Crippen molar-refractivity contribution in [2.45, 2.75) is 58.0 Å². The standard InChI is InChI=1S/C27H37ClN6O/c1-18(2)33-14-9-21(10-15-33)30-24-23(28)17-29-27-25(24)31-26(32-27)20-3-5-22(6-4-20)34-12-7-19(8-13-34)11-16-35/h3-6,17-19,21,35H,7-16H2,1-2H3,(H2,29,30,31,32). The van der Waals surface area contributed by atoms with Crippen molar-refractivity contribution < 1.29 is 5.11 Å². The number of benzene rings is 1. The average Bonchev–Trinajstić information content (AvgIpc) is 3.32. The highest BCUT2D eigenvalue weighted by molar-refractivity contribution is 6.34. The van der Waals surface area contributed by atoms with Crippen molar-refractivity contribution in [3.8, 4) is 11.4 Å². The molecule has 0 bridgehead atoms. The van der Waals surface area contributed by atoms with Gasteiger partial charge in [-0.25, -0.2) is 9.97 Å². The molecule has 0 aliphatic carbocycles. The molecule has 0 saturated carbocycles. The van der Waals surface area contributed by atoms with Crippen LogP contribution in [0.2, 0.25) is 5.02 Å². The van der Waals surface area contributed by atoms with E-state index in [-0.39, 0.29) is 0 Å². The number of hydrogen-bond acceptors (Lipinski definition) is 6. The molecule has 0 unspecified atom stereocenters. The minimum absolute atomic E-state index is 0.297. The lowest BCUT2D eigenvalue weighted by Gasteiger charge is -2.35. The van der Waals surface area contributed by atoms with Crippen molar-refractivity contribution in [3.05, 3.63) is 35.5 Å². The van der Waals surface area contributed by atoms with Gasteiger partial charge in [0.05, 0.1) is 16.9 Å². The third-order valence-electron chi connectivity index (χ3n) is 7.73. The summed E-state index contributed by atoms with van der Waals surface area (Å²) in [4.78, 5) is 17.8. The summed E-state index contributed by atoms with van der Waals surface area (Å²) in [6.07, 6.45) is 7.10. The maximum absolute atomic E-state index is 9.19. The van der Waals surface area contributed by atoms with Gasteiger partial charge in [0.15, 0.2) is 5.65 Å². The van der Waals surface area contributed by atoms with E-state index < -0.39 is 0 Å². The van der Waals surface area contributed by atoms with Gasteiger partial charge >= 0.3 is 0 Å². The Labute approximate surface area is 212 Å². The maximum atomic E-state index is 9.19. The first-order valence-corrected chi connectivity index (χ1v) is 13.4. The first-order valence-electron chi connectivity index (χ1n) is 13.0. The Balaban J connectivity index is 1.30. The number of hydrogen-bond donors (Lipinski definition) is 3. The van der Waals surface area contributed by atoms with Gasteiger partial charge in [-0.3, -0.25) is 0 Å². The van der Waals surface area contributed by atoms with Gasteiger partial charge < -0.3 is 25.2 Å². The van der Waals surface area contributed by atoms with E-state index in [1.807, 2.05) is 0 Å². The van der Waals surface area contributed by atoms with Crippen LogP contribution < -0.4 is 10.2 Å². The van der Waals surface area contributed by atoms with E-state index in [0.29, 0.717) is 29.6 Å². The smallest absolute Gasteiger partial charge is 0.159 e. The molecular formula is C27H37ClN6O. The molecule has 2 aliphatic rings. The number of aromatic nitrogens is 3. The van der Waals surface area contributed by atoms with E-state index in [0.717, 1.165) is 86.5 Å².